The van der Waals surface area contributed by atoms with Gasteiger partial charge in [-0.2, -0.15) is 13.2 Å². The van der Waals surface area contributed by atoms with Gasteiger partial charge in [-0.25, -0.2) is 9.07 Å². The summed E-state index contributed by atoms with van der Waals surface area (Å²) >= 11 is 0. The van der Waals surface area contributed by atoms with Crippen molar-refractivity contribution in [2.45, 2.75) is 19.6 Å². The first kappa shape index (κ1) is 18.6. The normalized spacial score (nSPS) is 11.4. The number of amides is 1. The molecule has 1 N–H and O–H groups in total. The maximum atomic E-state index is 13.3. The van der Waals surface area contributed by atoms with Crippen molar-refractivity contribution in [3.63, 3.8) is 0 Å². The number of aromatic nitrogens is 3. The second kappa shape index (κ2) is 7.18. The molecule has 1 amide bonds. The van der Waals surface area contributed by atoms with Gasteiger partial charge < -0.3 is 5.32 Å². The summed E-state index contributed by atoms with van der Waals surface area (Å²) < 4.78 is 52.3. The lowest BCUT2D eigenvalue weighted by atomic mass is 10.1. The number of aryl methyl sites for hydroxylation is 1. The van der Waals surface area contributed by atoms with E-state index in [9.17, 15) is 22.4 Å². The quantitative estimate of drug-likeness (QED) is 0.705. The first-order chi connectivity index (χ1) is 12.7. The van der Waals surface area contributed by atoms with Crippen LogP contribution in [0.5, 0.6) is 0 Å². The fraction of sp³-hybridized carbons (Fsp3) is 0.167. The Bertz CT molecular complexity index is 964. The molecule has 1 aromatic heterocycles. The monoisotopic (exact) mass is 378 g/mol. The largest absolute Gasteiger partial charge is 0.416 e. The van der Waals surface area contributed by atoms with Gasteiger partial charge >= 0.3 is 6.18 Å². The molecule has 5 nitrogen and oxygen atoms in total. The van der Waals surface area contributed by atoms with Crippen LogP contribution in [-0.4, -0.2) is 20.9 Å². The lowest BCUT2D eigenvalue weighted by Gasteiger charge is -2.08. The summed E-state index contributed by atoms with van der Waals surface area (Å²) in [6.07, 6.45) is -3.02. The molecular formula is C18H14F4N4O. The Hall–Kier alpha value is -3.23. The summed E-state index contributed by atoms with van der Waals surface area (Å²) in [4.78, 5) is 12.1. The van der Waals surface area contributed by atoms with Crippen molar-refractivity contribution in [1.82, 2.24) is 20.3 Å². The maximum absolute atomic E-state index is 13.3. The molecule has 0 aliphatic rings. The first-order valence-electron chi connectivity index (χ1n) is 7.87. The first-order valence-corrected chi connectivity index (χ1v) is 7.87. The lowest BCUT2D eigenvalue weighted by Crippen LogP contribution is -2.23. The van der Waals surface area contributed by atoms with E-state index >= 15 is 0 Å². The van der Waals surface area contributed by atoms with Gasteiger partial charge in [-0.1, -0.05) is 17.3 Å². The van der Waals surface area contributed by atoms with Gasteiger partial charge in [0.1, 0.15) is 5.82 Å². The molecule has 0 aliphatic carbocycles. The standard InChI is InChI=1S/C18H14F4N4O/c1-11-8-14(6-7-15(11)19)26-10-16(24-25-26)17(27)23-9-12-2-4-13(5-3-12)18(20,21)22/h2-8,10H,9H2,1H3,(H,23,27). The van der Waals surface area contributed by atoms with E-state index in [1.54, 1.807) is 13.0 Å². The van der Waals surface area contributed by atoms with E-state index in [0.717, 1.165) is 12.1 Å². The van der Waals surface area contributed by atoms with Crippen LogP contribution in [0.1, 0.15) is 27.2 Å². The van der Waals surface area contributed by atoms with Crippen molar-refractivity contribution in [2.24, 2.45) is 0 Å². The molecule has 1 heterocycles. The average molecular weight is 378 g/mol. The smallest absolute Gasteiger partial charge is 0.347 e. The van der Waals surface area contributed by atoms with Gasteiger partial charge in [0.2, 0.25) is 0 Å². The Balaban J connectivity index is 1.65. The average Bonchev–Trinajstić information content (AvgIpc) is 3.12. The molecule has 0 radical (unpaired) electrons. The van der Waals surface area contributed by atoms with Crippen LogP contribution in [0.4, 0.5) is 17.6 Å². The predicted molar refractivity (Wildman–Crippen MR) is 88.7 cm³/mol. The van der Waals surface area contributed by atoms with Gasteiger partial charge in [0.15, 0.2) is 5.69 Å². The number of nitrogens with one attached hydrogen (secondary N) is 1. The predicted octanol–water partition coefficient (Wildman–Crippen LogP) is 3.66. The zero-order valence-electron chi connectivity index (χ0n) is 14.1. The minimum Gasteiger partial charge on any atom is -0.347 e. The van der Waals surface area contributed by atoms with Crippen molar-refractivity contribution in [1.29, 1.82) is 0 Å². The number of alkyl halides is 3. The van der Waals surface area contributed by atoms with Crippen molar-refractivity contribution >= 4 is 5.91 Å². The molecule has 0 bridgehead atoms. The van der Waals surface area contributed by atoms with Crippen LogP contribution in [0.2, 0.25) is 0 Å². The summed E-state index contributed by atoms with van der Waals surface area (Å²) in [7, 11) is 0. The molecule has 0 spiro atoms. The summed E-state index contributed by atoms with van der Waals surface area (Å²) in [5.41, 5.74) is 0.761. The van der Waals surface area contributed by atoms with Crippen LogP contribution in [0.3, 0.4) is 0 Å². The van der Waals surface area contributed by atoms with Crippen LogP contribution in [0.25, 0.3) is 5.69 Å². The Morgan fingerprint density at radius 2 is 1.85 bits per heavy atom. The molecule has 27 heavy (non-hydrogen) atoms. The van der Waals surface area contributed by atoms with Crippen molar-refractivity contribution in [2.75, 3.05) is 0 Å². The molecule has 2 aromatic carbocycles. The SMILES string of the molecule is Cc1cc(-n2cc(C(=O)NCc3ccc(C(F)(F)F)cc3)nn2)ccc1F. The minimum absolute atomic E-state index is 0.0314. The highest BCUT2D eigenvalue weighted by Crippen LogP contribution is 2.29. The second-order valence-electron chi connectivity index (χ2n) is 5.86. The number of carbonyl (C=O) groups is 1. The van der Waals surface area contributed by atoms with Gasteiger partial charge in [0, 0.05) is 6.54 Å². The number of rotatable bonds is 4. The summed E-state index contributed by atoms with van der Waals surface area (Å²) in [5, 5.41) is 10.2. The van der Waals surface area contributed by atoms with E-state index in [4.69, 9.17) is 0 Å². The third-order valence-corrected chi connectivity index (χ3v) is 3.87. The molecule has 0 saturated carbocycles. The Morgan fingerprint density at radius 1 is 1.15 bits per heavy atom. The number of halogens is 4. The van der Waals surface area contributed by atoms with Gasteiger partial charge in [0.05, 0.1) is 17.4 Å². The Labute approximate surface area is 151 Å². The van der Waals surface area contributed by atoms with Crippen molar-refractivity contribution in [3.8, 4) is 5.69 Å². The molecule has 0 fully saturated rings. The van der Waals surface area contributed by atoms with Crippen molar-refractivity contribution in [3.05, 3.63) is 76.9 Å². The van der Waals surface area contributed by atoms with Crippen LogP contribution in [0.15, 0.2) is 48.7 Å². The molecule has 140 valence electrons. The van der Waals surface area contributed by atoms with E-state index in [2.05, 4.69) is 15.6 Å². The maximum Gasteiger partial charge on any atom is 0.416 e. The number of benzene rings is 2. The third kappa shape index (κ3) is 4.30. The van der Waals surface area contributed by atoms with Crippen LogP contribution in [0, 0.1) is 12.7 Å². The van der Waals surface area contributed by atoms with E-state index in [1.807, 2.05) is 0 Å². The topological polar surface area (TPSA) is 59.8 Å². The molecule has 9 heteroatoms. The van der Waals surface area contributed by atoms with E-state index < -0.39 is 17.6 Å². The molecule has 0 aliphatic heterocycles. The van der Waals surface area contributed by atoms with Gasteiger partial charge in [0.25, 0.3) is 5.91 Å². The number of hydrogen-bond donors (Lipinski definition) is 1. The minimum atomic E-state index is -4.40. The third-order valence-electron chi connectivity index (χ3n) is 3.87. The Morgan fingerprint density at radius 3 is 2.48 bits per heavy atom. The van der Waals surface area contributed by atoms with Gasteiger partial charge in [-0.15, -0.1) is 5.10 Å². The molecule has 0 atom stereocenters. The highest BCUT2D eigenvalue weighted by molar-refractivity contribution is 5.91. The molecule has 3 aromatic rings. The zero-order valence-corrected chi connectivity index (χ0v) is 14.1. The number of nitrogens with zero attached hydrogens (tertiary/aromatic N) is 3. The lowest BCUT2D eigenvalue weighted by molar-refractivity contribution is -0.137. The molecule has 0 unspecified atom stereocenters. The van der Waals surface area contributed by atoms with Crippen LogP contribution >= 0.6 is 0 Å². The van der Waals surface area contributed by atoms with Crippen molar-refractivity contribution < 1.29 is 22.4 Å². The summed E-state index contributed by atoms with van der Waals surface area (Å²) in [5.74, 6) is -0.881. The number of hydrogen-bond acceptors (Lipinski definition) is 3. The van der Waals surface area contributed by atoms with Gasteiger partial charge in [-0.05, 0) is 48.4 Å². The van der Waals surface area contributed by atoms with Crippen LogP contribution < -0.4 is 5.32 Å². The van der Waals surface area contributed by atoms with E-state index in [0.29, 0.717) is 16.8 Å². The zero-order chi connectivity index (χ0) is 19.6. The van der Waals surface area contributed by atoms with Gasteiger partial charge in [-0.3, -0.25) is 4.79 Å². The fourth-order valence-corrected chi connectivity index (χ4v) is 2.35. The molecular weight excluding hydrogens is 364 g/mol. The summed E-state index contributed by atoms with van der Waals surface area (Å²) in [6, 6.07) is 8.84. The summed E-state index contributed by atoms with van der Waals surface area (Å²) in [6.45, 7) is 1.65. The molecule has 3 rings (SSSR count). The fourth-order valence-electron chi connectivity index (χ4n) is 2.35. The van der Waals surface area contributed by atoms with E-state index in [-0.39, 0.29) is 18.1 Å². The second-order valence-corrected chi connectivity index (χ2v) is 5.86. The molecule has 0 saturated heterocycles. The highest BCUT2D eigenvalue weighted by atomic mass is 19.4. The Kier molecular flexibility index (Phi) is 4.93. The van der Waals surface area contributed by atoms with Crippen LogP contribution in [-0.2, 0) is 12.7 Å². The number of carbonyl (C=O) groups excluding carboxylic acids is 1. The van der Waals surface area contributed by atoms with E-state index in [1.165, 1.54) is 35.1 Å². The highest BCUT2D eigenvalue weighted by Gasteiger charge is 2.29.